The number of carbonyl (C=O) groups excluding carboxylic acids is 1. The third-order valence-electron chi connectivity index (χ3n) is 5.27. The minimum absolute atomic E-state index is 0.0799. The zero-order chi connectivity index (χ0) is 15.1. The van der Waals surface area contributed by atoms with E-state index in [-0.39, 0.29) is 12.5 Å². The van der Waals surface area contributed by atoms with Gasteiger partial charge in [-0.2, -0.15) is 0 Å². The lowest BCUT2D eigenvalue weighted by atomic mass is 9.83. The van der Waals surface area contributed by atoms with E-state index in [9.17, 15) is 9.90 Å². The highest BCUT2D eigenvalue weighted by molar-refractivity contribution is 5.76. The number of nitrogens with zero attached hydrogens (tertiary/aromatic N) is 1. The largest absolute Gasteiger partial charge is 0.395 e. The maximum atomic E-state index is 12.5. The summed E-state index contributed by atoms with van der Waals surface area (Å²) in [4.78, 5) is 14.5. The first-order chi connectivity index (χ1) is 10.2. The van der Waals surface area contributed by atoms with E-state index in [1.165, 1.54) is 32.1 Å². The zero-order valence-electron chi connectivity index (χ0n) is 13.3. The molecular formula is C17H32N2O2. The van der Waals surface area contributed by atoms with Crippen molar-refractivity contribution in [2.24, 2.45) is 11.7 Å². The molecule has 1 amide bonds. The van der Waals surface area contributed by atoms with E-state index in [0.29, 0.717) is 31.0 Å². The van der Waals surface area contributed by atoms with Gasteiger partial charge in [-0.1, -0.05) is 32.1 Å². The lowest BCUT2D eigenvalue weighted by Crippen LogP contribution is -2.43. The average molecular weight is 296 g/mol. The summed E-state index contributed by atoms with van der Waals surface area (Å²) in [5, 5.41) is 9.26. The molecule has 3 N–H and O–H groups in total. The number of amides is 1. The lowest BCUT2D eigenvalue weighted by molar-refractivity contribution is -0.135. The molecule has 21 heavy (non-hydrogen) atoms. The maximum Gasteiger partial charge on any atom is 0.222 e. The first kappa shape index (κ1) is 16.8. The van der Waals surface area contributed by atoms with Gasteiger partial charge in [-0.05, 0) is 38.0 Å². The van der Waals surface area contributed by atoms with Crippen LogP contribution in [0.3, 0.4) is 0 Å². The smallest absolute Gasteiger partial charge is 0.222 e. The molecule has 0 aromatic rings. The van der Waals surface area contributed by atoms with E-state index in [1.807, 2.05) is 4.90 Å². The predicted octanol–water partition coefficient (Wildman–Crippen LogP) is 2.44. The van der Waals surface area contributed by atoms with Crippen LogP contribution in [-0.4, -0.2) is 41.1 Å². The summed E-state index contributed by atoms with van der Waals surface area (Å²) in [5.41, 5.74) is 6.03. The Morgan fingerprint density at radius 2 is 1.86 bits per heavy atom. The normalized spacial score (nSPS) is 27.5. The number of aliphatic hydroxyl groups excluding tert-OH is 1. The molecule has 0 bridgehead atoms. The second kappa shape index (κ2) is 8.74. The van der Waals surface area contributed by atoms with Crippen LogP contribution >= 0.6 is 0 Å². The Balaban J connectivity index is 1.80. The van der Waals surface area contributed by atoms with Gasteiger partial charge in [0.2, 0.25) is 5.91 Å². The first-order valence-corrected chi connectivity index (χ1v) is 8.86. The van der Waals surface area contributed by atoms with Gasteiger partial charge in [0.1, 0.15) is 0 Å². The second-order valence-electron chi connectivity index (χ2n) is 6.93. The van der Waals surface area contributed by atoms with Gasteiger partial charge in [-0.3, -0.25) is 4.79 Å². The van der Waals surface area contributed by atoms with Crippen LogP contribution in [0.5, 0.6) is 0 Å². The fourth-order valence-corrected chi connectivity index (χ4v) is 4.08. The van der Waals surface area contributed by atoms with Gasteiger partial charge in [0, 0.05) is 25.0 Å². The van der Waals surface area contributed by atoms with E-state index in [2.05, 4.69) is 0 Å². The minimum Gasteiger partial charge on any atom is -0.395 e. The molecule has 2 saturated carbocycles. The highest BCUT2D eigenvalue weighted by Crippen LogP contribution is 2.28. The molecule has 0 heterocycles. The summed E-state index contributed by atoms with van der Waals surface area (Å²) < 4.78 is 0. The summed E-state index contributed by atoms with van der Waals surface area (Å²) >= 11 is 0. The number of rotatable bonds is 6. The van der Waals surface area contributed by atoms with Crippen molar-refractivity contribution in [3.63, 3.8) is 0 Å². The topological polar surface area (TPSA) is 66.6 Å². The molecule has 2 atom stereocenters. The Morgan fingerprint density at radius 3 is 2.52 bits per heavy atom. The van der Waals surface area contributed by atoms with Gasteiger partial charge in [-0.25, -0.2) is 0 Å². The SMILES string of the molecule is NC1CCCC(CCC(=O)N(CCO)C2CCCCC2)C1. The molecule has 2 aliphatic carbocycles. The number of carbonyl (C=O) groups is 1. The highest BCUT2D eigenvalue weighted by Gasteiger charge is 2.26. The van der Waals surface area contributed by atoms with Crippen molar-refractivity contribution in [3.05, 3.63) is 0 Å². The molecule has 2 aliphatic rings. The van der Waals surface area contributed by atoms with Crippen LogP contribution in [-0.2, 0) is 4.79 Å². The first-order valence-electron chi connectivity index (χ1n) is 8.86. The summed E-state index contributed by atoms with van der Waals surface area (Å²) in [7, 11) is 0. The quantitative estimate of drug-likeness (QED) is 0.791. The van der Waals surface area contributed by atoms with Crippen molar-refractivity contribution < 1.29 is 9.90 Å². The molecule has 2 fully saturated rings. The molecule has 2 rings (SSSR count). The summed E-state index contributed by atoms with van der Waals surface area (Å²) in [6.07, 6.45) is 12.2. The lowest BCUT2D eigenvalue weighted by Gasteiger charge is -2.35. The van der Waals surface area contributed by atoms with Crippen LogP contribution in [0.25, 0.3) is 0 Å². The Morgan fingerprint density at radius 1 is 1.10 bits per heavy atom. The van der Waals surface area contributed by atoms with Gasteiger partial charge in [-0.15, -0.1) is 0 Å². The van der Waals surface area contributed by atoms with Crippen molar-refractivity contribution in [2.45, 2.75) is 82.7 Å². The van der Waals surface area contributed by atoms with Crippen molar-refractivity contribution >= 4 is 5.91 Å². The van der Waals surface area contributed by atoms with Gasteiger partial charge in [0.05, 0.1) is 6.61 Å². The van der Waals surface area contributed by atoms with Crippen LogP contribution in [0.1, 0.15) is 70.6 Å². The molecule has 0 aromatic carbocycles. The summed E-state index contributed by atoms with van der Waals surface area (Å²) in [6, 6.07) is 0.706. The Kier molecular flexibility index (Phi) is 6.97. The van der Waals surface area contributed by atoms with Crippen LogP contribution in [0.4, 0.5) is 0 Å². The predicted molar refractivity (Wildman–Crippen MR) is 84.8 cm³/mol. The molecule has 4 nitrogen and oxygen atoms in total. The molecule has 0 aromatic heterocycles. The van der Waals surface area contributed by atoms with Crippen molar-refractivity contribution in [1.29, 1.82) is 0 Å². The van der Waals surface area contributed by atoms with Crippen LogP contribution in [0, 0.1) is 5.92 Å². The number of aliphatic hydroxyl groups is 1. The average Bonchev–Trinajstić information content (AvgIpc) is 2.51. The maximum absolute atomic E-state index is 12.5. The Hall–Kier alpha value is -0.610. The Bertz CT molecular complexity index is 316. The second-order valence-corrected chi connectivity index (χ2v) is 6.93. The van der Waals surface area contributed by atoms with Crippen LogP contribution < -0.4 is 5.73 Å². The third kappa shape index (κ3) is 5.26. The zero-order valence-corrected chi connectivity index (χ0v) is 13.3. The van der Waals surface area contributed by atoms with Crippen molar-refractivity contribution in [3.8, 4) is 0 Å². The fourth-order valence-electron chi connectivity index (χ4n) is 4.08. The highest BCUT2D eigenvalue weighted by atomic mass is 16.3. The van der Waals surface area contributed by atoms with E-state index >= 15 is 0 Å². The van der Waals surface area contributed by atoms with Crippen LogP contribution in [0.15, 0.2) is 0 Å². The van der Waals surface area contributed by atoms with Gasteiger partial charge in [0.15, 0.2) is 0 Å². The fraction of sp³-hybridized carbons (Fsp3) is 0.941. The molecule has 0 spiro atoms. The van der Waals surface area contributed by atoms with Gasteiger partial charge in [0.25, 0.3) is 0 Å². The van der Waals surface area contributed by atoms with Crippen LogP contribution in [0.2, 0.25) is 0 Å². The van der Waals surface area contributed by atoms with E-state index < -0.39 is 0 Å². The number of hydrogen-bond acceptors (Lipinski definition) is 3. The third-order valence-corrected chi connectivity index (χ3v) is 5.27. The minimum atomic E-state index is 0.0799. The van der Waals surface area contributed by atoms with E-state index in [1.54, 1.807) is 0 Å². The molecule has 2 unspecified atom stereocenters. The van der Waals surface area contributed by atoms with Crippen molar-refractivity contribution in [2.75, 3.05) is 13.2 Å². The van der Waals surface area contributed by atoms with Gasteiger partial charge < -0.3 is 15.7 Å². The Labute approximate surface area is 129 Å². The summed E-state index contributed by atoms with van der Waals surface area (Å²) in [5.74, 6) is 0.870. The standard InChI is InChI=1S/C17H32N2O2/c18-15-6-4-5-14(13-15)9-10-17(21)19(11-12-20)16-7-2-1-3-8-16/h14-16,20H,1-13,18H2. The van der Waals surface area contributed by atoms with E-state index in [4.69, 9.17) is 5.73 Å². The van der Waals surface area contributed by atoms with E-state index in [0.717, 1.165) is 32.1 Å². The van der Waals surface area contributed by atoms with Gasteiger partial charge >= 0.3 is 0 Å². The molecule has 4 heteroatoms. The molecule has 0 radical (unpaired) electrons. The summed E-state index contributed by atoms with van der Waals surface area (Å²) in [6.45, 7) is 0.588. The number of hydrogen-bond donors (Lipinski definition) is 2. The number of nitrogens with two attached hydrogens (primary N) is 1. The molecule has 0 aliphatic heterocycles. The molecular weight excluding hydrogens is 264 g/mol. The molecule has 0 saturated heterocycles. The monoisotopic (exact) mass is 296 g/mol. The molecule has 122 valence electrons. The van der Waals surface area contributed by atoms with Crippen molar-refractivity contribution in [1.82, 2.24) is 4.90 Å².